The van der Waals surface area contributed by atoms with Crippen LogP contribution in [0, 0.1) is 10.5 Å². The topological polar surface area (TPSA) is 12.9 Å². The molecule has 0 aliphatic rings. The molecule has 0 bridgehead atoms. The summed E-state index contributed by atoms with van der Waals surface area (Å²) in [4.78, 5) is 3.68. The second kappa shape index (κ2) is 3.83. The van der Waals surface area contributed by atoms with Crippen molar-refractivity contribution < 1.29 is 8.78 Å². The van der Waals surface area contributed by atoms with Crippen LogP contribution in [0.1, 0.15) is 17.8 Å². The van der Waals surface area contributed by atoms with Gasteiger partial charge in [-0.2, -0.15) is 0 Å². The number of aryl methyl sites for hydroxylation is 1. The molecule has 0 saturated heterocycles. The summed E-state index contributed by atoms with van der Waals surface area (Å²) < 4.78 is 25.2. The quantitative estimate of drug-likeness (QED) is 0.723. The summed E-state index contributed by atoms with van der Waals surface area (Å²) in [6, 6.07) is 1.49. The van der Waals surface area contributed by atoms with Crippen molar-refractivity contribution in [2.75, 3.05) is 0 Å². The highest BCUT2D eigenvalue weighted by Crippen LogP contribution is 2.27. The molecule has 1 heterocycles. The highest BCUT2D eigenvalue weighted by Gasteiger charge is 2.14. The zero-order chi connectivity index (χ0) is 9.30. The van der Waals surface area contributed by atoms with Gasteiger partial charge in [0.25, 0.3) is 6.43 Å². The van der Waals surface area contributed by atoms with Crippen LogP contribution in [0.25, 0.3) is 0 Å². The van der Waals surface area contributed by atoms with Crippen LogP contribution in [0.4, 0.5) is 8.78 Å². The number of hydrogen-bond donors (Lipinski definition) is 0. The summed E-state index contributed by atoms with van der Waals surface area (Å²) >= 11 is 7.55. The second-order valence-corrected chi connectivity index (χ2v) is 3.79. The molecular weight excluding hydrogens is 298 g/mol. The van der Waals surface area contributed by atoms with Gasteiger partial charge in [-0.1, -0.05) is 11.6 Å². The Hall–Kier alpha value is 0.0300. The third-order valence-corrected chi connectivity index (χ3v) is 2.73. The fraction of sp³-hybridized carbons (Fsp3) is 0.286. The lowest BCUT2D eigenvalue weighted by Crippen LogP contribution is -1.96. The van der Waals surface area contributed by atoms with Crippen molar-refractivity contribution in [2.24, 2.45) is 0 Å². The molecule has 0 aliphatic heterocycles. The minimum Gasteiger partial charge on any atom is -0.249 e. The van der Waals surface area contributed by atoms with Crippen molar-refractivity contribution >= 4 is 34.2 Å². The summed E-state index contributed by atoms with van der Waals surface area (Å²) in [5.41, 5.74) is 0.241. The fourth-order valence-electron chi connectivity index (χ4n) is 0.730. The molecule has 66 valence electrons. The van der Waals surface area contributed by atoms with E-state index in [1.165, 1.54) is 6.07 Å². The van der Waals surface area contributed by atoms with E-state index in [0.29, 0.717) is 5.69 Å². The predicted molar refractivity (Wildman–Crippen MR) is 51.7 cm³/mol. The molecule has 0 unspecified atom stereocenters. The number of pyridine rings is 1. The SMILES string of the molecule is Cc1nc(C(F)F)c(Cl)cc1I. The van der Waals surface area contributed by atoms with Crippen LogP contribution in [0.5, 0.6) is 0 Å². The van der Waals surface area contributed by atoms with Crippen LogP contribution in [0.3, 0.4) is 0 Å². The first-order valence-corrected chi connectivity index (χ1v) is 4.58. The van der Waals surface area contributed by atoms with Crippen molar-refractivity contribution in [1.82, 2.24) is 4.98 Å². The average molecular weight is 303 g/mol. The Kier molecular flexibility index (Phi) is 3.22. The Morgan fingerprint density at radius 1 is 1.58 bits per heavy atom. The maximum absolute atomic E-state index is 12.2. The van der Waals surface area contributed by atoms with Crippen LogP contribution in [0.2, 0.25) is 5.02 Å². The Balaban J connectivity index is 3.23. The smallest absolute Gasteiger partial charge is 0.249 e. The Labute approximate surface area is 87.3 Å². The highest BCUT2D eigenvalue weighted by atomic mass is 127. The van der Waals surface area contributed by atoms with Crippen LogP contribution in [0.15, 0.2) is 6.07 Å². The summed E-state index contributed by atoms with van der Waals surface area (Å²) in [6.07, 6.45) is -2.60. The lowest BCUT2D eigenvalue weighted by Gasteiger charge is -2.04. The molecule has 0 aromatic carbocycles. The maximum Gasteiger partial charge on any atom is 0.281 e. The monoisotopic (exact) mass is 303 g/mol. The van der Waals surface area contributed by atoms with Gasteiger partial charge >= 0.3 is 0 Å². The van der Waals surface area contributed by atoms with Crippen molar-refractivity contribution in [3.05, 3.63) is 26.0 Å². The molecule has 0 saturated carbocycles. The van der Waals surface area contributed by atoms with Gasteiger partial charge in [-0.25, -0.2) is 13.8 Å². The number of halogens is 4. The zero-order valence-electron chi connectivity index (χ0n) is 6.11. The number of alkyl halides is 2. The molecule has 0 radical (unpaired) electrons. The van der Waals surface area contributed by atoms with E-state index < -0.39 is 6.43 Å². The predicted octanol–water partition coefficient (Wildman–Crippen LogP) is 3.59. The normalized spacial score (nSPS) is 10.8. The molecule has 0 atom stereocenters. The minimum atomic E-state index is -2.60. The van der Waals surface area contributed by atoms with Gasteiger partial charge in [-0.05, 0) is 35.6 Å². The van der Waals surface area contributed by atoms with E-state index in [-0.39, 0.29) is 10.7 Å². The Morgan fingerprint density at radius 2 is 2.17 bits per heavy atom. The molecule has 5 heteroatoms. The van der Waals surface area contributed by atoms with Gasteiger partial charge < -0.3 is 0 Å². The molecule has 0 fully saturated rings. The van der Waals surface area contributed by atoms with Crippen LogP contribution in [-0.2, 0) is 0 Å². The van der Waals surface area contributed by atoms with Crippen molar-refractivity contribution in [3.8, 4) is 0 Å². The van der Waals surface area contributed by atoms with Crippen LogP contribution in [-0.4, -0.2) is 4.98 Å². The van der Waals surface area contributed by atoms with E-state index in [1.54, 1.807) is 6.92 Å². The van der Waals surface area contributed by atoms with Gasteiger partial charge in [0.2, 0.25) is 0 Å². The Morgan fingerprint density at radius 3 is 2.67 bits per heavy atom. The maximum atomic E-state index is 12.2. The van der Waals surface area contributed by atoms with E-state index in [2.05, 4.69) is 4.98 Å². The molecule has 0 amide bonds. The van der Waals surface area contributed by atoms with E-state index >= 15 is 0 Å². The van der Waals surface area contributed by atoms with Gasteiger partial charge in [0.1, 0.15) is 5.69 Å². The molecule has 12 heavy (non-hydrogen) atoms. The largest absolute Gasteiger partial charge is 0.281 e. The van der Waals surface area contributed by atoms with E-state index in [0.717, 1.165) is 3.57 Å². The first kappa shape index (κ1) is 10.1. The summed E-state index contributed by atoms with van der Waals surface area (Å²) in [5, 5.41) is 0.0278. The average Bonchev–Trinajstić information content (AvgIpc) is 1.96. The highest BCUT2D eigenvalue weighted by molar-refractivity contribution is 14.1. The van der Waals surface area contributed by atoms with Gasteiger partial charge in [0.15, 0.2) is 0 Å². The molecular formula is C7H5ClF2IN. The van der Waals surface area contributed by atoms with Crippen molar-refractivity contribution in [1.29, 1.82) is 0 Å². The number of rotatable bonds is 1. The third kappa shape index (κ3) is 2.04. The fourth-order valence-corrected chi connectivity index (χ4v) is 1.58. The van der Waals surface area contributed by atoms with Gasteiger partial charge in [-0.3, -0.25) is 0 Å². The van der Waals surface area contributed by atoms with Gasteiger partial charge in [0, 0.05) is 3.57 Å². The molecule has 0 spiro atoms. The Bertz CT molecular complexity index is 304. The molecule has 1 rings (SSSR count). The van der Waals surface area contributed by atoms with Gasteiger partial charge in [0.05, 0.1) is 10.7 Å². The van der Waals surface area contributed by atoms with E-state index in [9.17, 15) is 8.78 Å². The van der Waals surface area contributed by atoms with Crippen molar-refractivity contribution in [3.63, 3.8) is 0 Å². The molecule has 1 aromatic rings. The standard InChI is InChI=1S/C7H5ClF2IN/c1-3-5(11)2-4(8)6(12-3)7(9)10/h2,7H,1H3. The number of hydrogen-bond acceptors (Lipinski definition) is 1. The lowest BCUT2D eigenvalue weighted by molar-refractivity contribution is 0.146. The first-order valence-electron chi connectivity index (χ1n) is 3.13. The first-order chi connectivity index (χ1) is 5.52. The summed E-state index contributed by atoms with van der Waals surface area (Å²) in [6.45, 7) is 1.67. The number of nitrogens with zero attached hydrogens (tertiary/aromatic N) is 1. The third-order valence-electron chi connectivity index (χ3n) is 1.34. The minimum absolute atomic E-state index is 0.0278. The molecule has 0 N–H and O–H groups in total. The lowest BCUT2D eigenvalue weighted by atomic mass is 10.3. The summed E-state index contributed by atoms with van der Waals surface area (Å²) in [5.74, 6) is 0. The van der Waals surface area contributed by atoms with Crippen LogP contribution >= 0.6 is 34.2 Å². The zero-order valence-corrected chi connectivity index (χ0v) is 9.03. The second-order valence-electron chi connectivity index (χ2n) is 2.22. The van der Waals surface area contributed by atoms with Crippen LogP contribution < -0.4 is 0 Å². The van der Waals surface area contributed by atoms with Gasteiger partial charge in [-0.15, -0.1) is 0 Å². The number of aromatic nitrogens is 1. The molecule has 1 nitrogen and oxygen atoms in total. The molecule has 1 aromatic heterocycles. The van der Waals surface area contributed by atoms with E-state index in [1.807, 2.05) is 22.6 Å². The molecule has 0 aliphatic carbocycles. The van der Waals surface area contributed by atoms with E-state index in [4.69, 9.17) is 11.6 Å². The van der Waals surface area contributed by atoms with Crippen molar-refractivity contribution in [2.45, 2.75) is 13.3 Å². The summed E-state index contributed by atoms with van der Waals surface area (Å²) in [7, 11) is 0.